The van der Waals surface area contributed by atoms with E-state index in [9.17, 15) is 4.79 Å². The predicted molar refractivity (Wildman–Crippen MR) is 102 cm³/mol. The Morgan fingerprint density at radius 3 is 2.44 bits per heavy atom. The van der Waals surface area contributed by atoms with Gasteiger partial charge in [0.15, 0.2) is 5.78 Å². The highest BCUT2D eigenvalue weighted by Crippen LogP contribution is 2.24. The molecule has 3 nitrogen and oxygen atoms in total. The van der Waals surface area contributed by atoms with Crippen molar-refractivity contribution in [3.63, 3.8) is 0 Å². The van der Waals surface area contributed by atoms with Gasteiger partial charge in [0.25, 0.3) is 0 Å². The summed E-state index contributed by atoms with van der Waals surface area (Å²) in [5.74, 6) is 0.947. The first kappa shape index (κ1) is 17.7. The van der Waals surface area contributed by atoms with Crippen LogP contribution in [0.3, 0.4) is 0 Å². The lowest BCUT2D eigenvalue weighted by Gasteiger charge is -2.26. The fraction of sp³-hybridized carbons (Fsp3) is 0.286. The van der Waals surface area contributed by atoms with E-state index in [4.69, 9.17) is 16.3 Å². The van der Waals surface area contributed by atoms with Crippen LogP contribution in [0.1, 0.15) is 28.8 Å². The summed E-state index contributed by atoms with van der Waals surface area (Å²) in [6.45, 7) is 2.65. The first-order valence-corrected chi connectivity index (χ1v) is 8.88. The molecule has 25 heavy (non-hydrogen) atoms. The van der Waals surface area contributed by atoms with E-state index >= 15 is 0 Å². The van der Waals surface area contributed by atoms with Crippen LogP contribution in [0.15, 0.2) is 54.6 Å². The van der Waals surface area contributed by atoms with Gasteiger partial charge < -0.3 is 4.74 Å². The maximum Gasteiger partial charge on any atom is 0.164 e. The van der Waals surface area contributed by atoms with E-state index in [-0.39, 0.29) is 5.78 Å². The van der Waals surface area contributed by atoms with Crippen molar-refractivity contribution in [2.45, 2.75) is 12.8 Å². The number of nitrogens with zero attached hydrogens (tertiary/aromatic N) is 1. The lowest BCUT2D eigenvalue weighted by molar-refractivity contribution is 0.0966. The van der Waals surface area contributed by atoms with E-state index in [0.717, 1.165) is 42.4 Å². The van der Waals surface area contributed by atoms with Gasteiger partial charge in [0.2, 0.25) is 0 Å². The van der Waals surface area contributed by atoms with Gasteiger partial charge in [-0.15, -0.1) is 0 Å². The molecule has 0 radical (unpaired) electrons. The lowest BCUT2D eigenvalue weighted by atomic mass is 9.99. The van der Waals surface area contributed by atoms with Crippen molar-refractivity contribution < 1.29 is 9.53 Å². The molecular weight excluding hydrogens is 334 g/mol. The molecule has 2 aromatic carbocycles. The largest absolute Gasteiger partial charge is 0.497 e. The van der Waals surface area contributed by atoms with Crippen molar-refractivity contribution in [3.05, 3.63) is 70.8 Å². The van der Waals surface area contributed by atoms with Crippen LogP contribution in [0.5, 0.6) is 5.75 Å². The van der Waals surface area contributed by atoms with Crippen molar-refractivity contribution in [3.8, 4) is 5.75 Å². The number of Topliss-reactive ketones (excluding diaryl/α,β-unsaturated/α-hetero) is 1. The van der Waals surface area contributed by atoms with Crippen LogP contribution in [0.4, 0.5) is 0 Å². The summed E-state index contributed by atoms with van der Waals surface area (Å²) in [4.78, 5) is 14.6. The van der Waals surface area contributed by atoms with Crippen LogP contribution in [-0.4, -0.2) is 37.4 Å². The third kappa shape index (κ3) is 4.71. The molecule has 0 saturated heterocycles. The van der Waals surface area contributed by atoms with Gasteiger partial charge in [-0.2, -0.15) is 0 Å². The van der Waals surface area contributed by atoms with E-state index in [1.165, 1.54) is 11.1 Å². The number of hydrogen-bond acceptors (Lipinski definition) is 3. The number of rotatable bonds is 6. The van der Waals surface area contributed by atoms with Gasteiger partial charge >= 0.3 is 0 Å². The normalized spacial score (nSPS) is 14.9. The molecule has 3 rings (SSSR count). The topological polar surface area (TPSA) is 29.5 Å². The fourth-order valence-corrected chi connectivity index (χ4v) is 3.15. The lowest BCUT2D eigenvalue weighted by Crippen LogP contribution is -2.30. The van der Waals surface area contributed by atoms with Gasteiger partial charge in [0, 0.05) is 36.6 Å². The van der Waals surface area contributed by atoms with Gasteiger partial charge in [-0.05, 0) is 54.0 Å². The van der Waals surface area contributed by atoms with Crippen molar-refractivity contribution in [2.75, 3.05) is 26.7 Å². The van der Waals surface area contributed by atoms with Gasteiger partial charge in [-0.3, -0.25) is 9.69 Å². The molecule has 0 saturated carbocycles. The molecule has 0 N–H and O–H groups in total. The molecular formula is C21H22ClNO2. The summed E-state index contributed by atoms with van der Waals surface area (Å²) in [6.07, 6.45) is 3.79. The molecule has 0 atom stereocenters. The second-order valence-corrected chi connectivity index (χ2v) is 6.62. The molecule has 0 amide bonds. The molecule has 1 aliphatic rings. The Morgan fingerprint density at radius 2 is 1.84 bits per heavy atom. The summed E-state index contributed by atoms with van der Waals surface area (Å²) >= 11 is 5.95. The number of methoxy groups -OCH3 is 1. The average molecular weight is 356 g/mol. The molecule has 0 bridgehead atoms. The summed E-state index contributed by atoms with van der Waals surface area (Å²) in [5.41, 5.74) is 3.34. The van der Waals surface area contributed by atoms with Crippen LogP contribution in [0, 0.1) is 0 Å². The molecule has 0 fully saturated rings. The van der Waals surface area contributed by atoms with E-state index in [1.54, 1.807) is 7.11 Å². The molecule has 2 aromatic rings. The quantitative estimate of drug-likeness (QED) is 0.703. The molecule has 130 valence electrons. The zero-order valence-electron chi connectivity index (χ0n) is 14.4. The summed E-state index contributed by atoms with van der Waals surface area (Å²) < 4.78 is 5.12. The molecule has 1 aliphatic heterocycles. The monoisotopic (exact) mass is 355 g/mol. The van der Waals surface area contributed by atoms with E-state index in [0.29, 0.717) is 6.42 Å². The maximum absolute atomic E-state index is 12.3. The third-order valence-corrected chi connectivity index (χ3v) is 4.83. The predicted octanol–water partition coefficient (Wildman–Crippen LogP) is 4.71. The van der Waals surface area contributed by atoms with Gasteiger partial charge in [0.1, 0.15) is 5.75 Å². The number of carbonyl (C=O) groups is 1. The zero-order valence-corrected chi connectivity index (χ0v) is 15.1. The minimum Gasteiger partial charge on any atom is -0.497 e. The van der Waals surface area contributed by atoms with Gasteiger partial charge in [-0.1, -0.05) is 29.8 Å². The summed E-state index contributed by atoms with van der Waals surface area (Å²) in [6, 6.07) is 15.3. The Bertz CT molecular complexity index is 750. The zero-order chi connectivity index (χ0) is 17.6. The third-order valence-electron chi connectivity index (χ3n) is 4.58. The van der Waals surface area contributed by atoms with E-state index < -0.39 is 0 Å². The highest BCUT2D eigenvalue weighted by Gasteiger charge is 2.15. The number of carbonyl (C=O) groups excluding carboxylic acids is 1. The summed E-state index contributed by atoms with van der Waals surface area (Å²) in [5, 5.41) is 0.763. The molecule has 4 heteroatoms. The minimum atomic E-state index is 0.176. The Balaban J connectivity index is 1.51. The number of hydrogen-bond donors (Lipinski definition) is 0. The summed E-state index contributed by atoms with van der Waals surface area (Å²) in [7, 11) is 1.62. The van der Waals surface area contributed by atoms with Crippen LogP contribution < -0.4 is 4.74 Å². The first-order chi connectivity index (χ1) is 12.2. The number of ether oxygens (including phenoxy) is 1. The molecule has 0 aromatic heterocycles. The van der Waals surface area contributed by atoms with Crippen LogP contribution >= 0.6 is 11.6 Å². The Morgan fingerprint density at radius 1 is 1.12 bits per heavy atom. The molecule has 0 unspecified atom stereocenters. The highest BCUT2D eigenvalue weighted by molar-refractivity contribution is 6.30. The fourth-order valence-electron chi connectivity index (χ4n) is 3.02. The Kier molecular flexibility index (Phi) is 5.90. The number of ketones is 1. The highest BCUT2D eigenvalue weighted by atomic mass is 35.5. The Hall–Kier alpha value is -2.10. The molecule has 1 heterocycles. The van der Waals surface area contributed by atoms with Gasteiger partial charge in [0.05, 0.1) is 7.11 Å². The van der Waals surface area contributed by atoms with Crippen LogP contribution in [-0.2, 0) is 0 Å². The van der Waals surface area contributed by atoms with E-state index in [2.05, 4.69) is 23.1 Å². The maximum atomic E-state index is 12.3. The van der Waals surface area contributed by atoms with Gasteiger partial charge in [-0.25, -0.2) is 0 Å². The molecule has 0 aliphatic carbocycles. The smallest absolute Gasteiger partial charge is 0.164 e. The van der Waals surface area contributed by atoms with Crippen LogP contribution in [0.2, 0.25) is 5.02 Å². The first-order valence-electron chi connectivity index (χ1n) is 8.50. The number of halogens is 1. The second-order valence-electron chi connectivity index (χ2n) is 6.19. The average Bonchev–Trinajstić information content (AvgIpc) is 2.67. The number of benzene rings is 2. The van der Waals surface area contributed by atoms with E-state index in [1.807, 2.05) is 36.4 Å². The minimum absolute atomic E-state index is 0.176. The standard InChI is InChI=1S/C21H22ClNO2/c1-25-20-8-4-18(5-9-20)21(24)12-15-23-13-10-17(11-14-23)16-2-6-19(22)7-3-16/h2-10H,11-15H2,1H3. The molecule has 0 spiro atoms. The van der Waals surface area contributed by atoms with Crippen molar-refractivity contribution in [2.24, 2.45) is 0 Å². The van der Waals surface area contributed by atoms with Crippen molar-refractivity contribution in [1.29, 1.82) is 0 Å². The van der Waals surface area contributed by atoms with Crippen molar-refractivity contribution >= 4 is 23.0 Å². The Labute approximate surface area is 153 Å². The van der Waals surface area contributed by atoms with Crippen LogP contribution in [0.25, 0.3) is 5.57 Å². The van der Waals surface area contributed by atoms with Crippen molar-refractivity contribution in [1.82, 2.24) is 4.90 Å². The SMILES string of the molecule is COc1ccc(C(=O)CCN2CC=C(c3ccc(Cl)cc3)CC2)cc1. The second kappa shape index (κ2) is 8.32.